The van der Waals surface area contributed by atoms with Crippen LogP contribution in [0.25, 0.3) is 10.2 Å². The molecule has 2 heterocycles. The number of fused-ring (bicyclic) bond motifs is 3. The quantitative estimate of drug-likeness (QED) is 0.771. The lowest BCUT2D eigenvalue weighted by Gasteiger charge is -2.25. The van der Waals surface area contributed by atoms with Crippen molar-refractivity contribution in [1.82, 2.24) is 9.29 Å². The van der Waals surface area contributed by atoms with Gasteiger partial charge in [0.15, 0.2) is 5.13 Å². The molecular weight excluding hydrogens is 394 g/mol. The van der Waals surface area contributed by atoms with Gasteiger partial charge in [0.05, 0.1) is 15.1 Å². The Morgan fingerprint density at radius 2 is 1.96 bits per heavy atom. The Morgan fingerprint density at radius 3 is 2.68 bits per heavy atom. The van der Waals surface area contributed by atoms with Gasteiger partial charge in [-0.3, -0.25) is 4.79 Å². The fourth-order valence-electron chi connectivity index (χ4n) is 4.65. The maximum absolute atomic E-state index is 12.9. The number of amides is 1. The number of carbonyl (C=O) groups excluding carboxylic acids is 1. The molecule has 1 saturated carbocycles. The van der Waals surface area contributed by atoms with Crippen molar-refractivity contribution >= 4 is 42.6 Å². The summed E-state index contributed by atoms with van der Waals surface area (Å²) in [7, 11) is -3.47. The fourth-order valence-corrected chi connectivity index (χ4v) is 7.18. The van der Waals surface area contributed by atoms with E-state index in [0.717, 1.165) is 36.8 Å². The second-order valence-electron chi connectivity index (χ2n) is 7.99. The van der Waals surface area contributed by atoms with Gasteiger partial charge >= 0.3 is 0 Å². The number of benzene rings is 1. The van der Waals surface area contributed by atoms with E-state index in [2.05, 4.69) is 22.5 Å². The topological polar surface area (TPSA) is 79.4 Å². The van der Waals surface area contributed by atoms with E-state index >= 15 is 0 Å². The molecule has 6 nitrogen and oxygen atoms in total. The number of aromatic nitrogens is 1. The molecule has 1 aromatic carbocycles. The van der Waals surface area contributed by atoms with Gasteiger partial charge in [-0.15, -0.1) is 0 Å². The van der Waals surface area contributed by atoms with E-state index in [9.17, 15) is 13.2 Å². The number of thiazole rings is 1. The molecule has 2 aliphatic carbocycles. The van der Waals surface area contributed by atoms with Crippen molar-refractivity contribution in [1.29, 1.82) is 0 Å². The largest absolute Gasteiger partial charge is 0.302 e. The van der Waals surface area contributed by atoms with Crippen LogP contribution in [0.2, 0.25) is 0 Å². The number of carbonyl (C=O) groups is 1. The standard InChI is InChI=1S/C20H23N3O3S2/c24-19(16-11-13-4-5-14(16)10-13)22-20-21-17-7-6-15(12-18(17)27-20)28(25,26)23-8-2-1-3-9-23/h4-7,12-14,16H,1-3,8-11H2,(H,21,22,24)/t13-,14+,16-/m0/s1. The van der Waals surface area contributed by atoms with Crippen LogP contribution in [0, 0.1) is 17.8 Å². The molecule has 2 fully saturated rings. The molecule has 0 unspecified atom stereocenters. The number of nitrogens with one attached hydrogen (secondary N) is 1. The third kappa shape index (κ3) is 3.17. The van der Waals surface area contributed by atoms with Gasteiger partial charge in [0, 0.05) is 19.0 Å². The van der Waals surface area contributed by atoms with E-state index in [1.165, 1.54) is 11.3 Å². The van der Waals surface area contributed by atoms with E-state index in [0.29, 0.717) is 40.5 Å². The summed E-state index contributed by atoms with van der Waals surface area (Å²) in [4.78, 5) is 17.4. The molecule has 3 atom stereocenters. The van der Waals surface area contributed by atoms with Gasteiger partial charge in [0.1, 0.15) is 0 Å². The number of nitrogens with zero attached hydrogens (tertiary/aromatic N) is 2. The molecule has 2 aromatic rings. The van der Waals surface area contributed by atoms with Crippen molar-refractivity contribution < 1.29 is 13.2 Å². The molecule has 0 radical (unpaired) electrons. The molecule has 28 heavy (non-hydrogen) atoms. The normalized spacial score (nSPS) is 27.5. The first kappa shape index (κ1) is 18.3. The predicted octanol–water partition coefficient (Wildman–Crippen LogP) is 3.62. The van der Waals surface area contributed by atoms with Gasteiger partial charge in [0.25, 0.3) is 0 Å². The second-order valence-corrected chi connectivity index (χ2v) is 11.0. The number of piperidine rings is 1. The number of anilines is 1. The molecule has 8 heteroatoms. The van der Waals surface area contributed by atoms with Gasteiger partial charge in [-0.1, -0.05) is 29.9 Å². The first-order chi connectivity index (χ1) is 13.5. The van der Waals surface area contributed by atoms with E-state index < -0.39 is 10.0 Å². The number of rotatable bonds is 4. The lowest BCUT2D eigenvalue weighted by molar-refractivity contribution is -0.120. The minimum atomic E-state index is -3.47. The van der Waals surface area contributed by atoms with E-state index in [4.69, 9.17) is 0 Å². The Balaban J connectivity index is 1.36. The third-order valence-corrected chi connectivity index (χ3v) is 8.99. The Morgan fingerprint density at radius 1 is 1.14 bits per heavy atom. The highest BCUT2D eigenvalue weighted by Crippen LogP contribution is 2.44. The highest BCUT2D eigenvalue weighted by atomic mass is 32.2. The van der Waals surface area contributed by atoms with E-state index in [-0.39, 0.29) is 11.8 Å². The first-order valence-electron chi connectivity index (χ1n) is 9.91. The van der Waals surface area contributed by atoms with Crippen molar-refractivity contribution in [3.8, 4) is 0 Å². The van der Waals surface area contributed by atoms with Gasteiger partial charge < -0.3 is 5.32 Å². The average Bonchev–Trinajstić information content (AvgIpc) is 3.43. The maximum Gasteiger partial charge on any atom is 0.243 e. The van der Waals surface area contributed by atoms with Crippen LogP contribution in [0.15, 0.2) is 35.2 Å². The number of sulfonamides is 1. The van der Waals surface area contributed by atoms with Crippen LogP contribution >= 0.6 is 11.3 Å². The van der Waals surface area contributed by atoms with Crippen LogP contribution in [-0.2, 0) is 14.8 Å². The summed E-state index contributed by atoms with van der Waals surface area (Å²) in [5.41, 5.74) is 0.714. The monoisotopic (exact) mass is 417 g/mol. The second kappa shape index (κ2) is 6.93. The van der Waals surface area contributed by atoms with Crippen LogP contribution in [0.1, 0.15) is 32.1 Å². The summed E-state index contributed by atoms with van der Waals surface area (Å²) in [6.07, 6.45) is 9.28. The number of allylic oxidation sites excluding steroid dienone is 2. The van der Waals surface area contributed by atoms with Crippen LogP contribution in [0.4, 0.5) is 5.13 Å². The van der Waals surface area contributed by atoms with Crippen molar-refractivity contribution in [2.45, 2.75) is 37.0 Å². The molecule has 3 aliphatic rings. The summed E-state index contributed by atoms with van der Waals surface area (Å²) in [5.74, 6) is 0.938. The molecule has 1 amide bonds. The first-order valence-corrected chi connectivity index (χ1v) is 12.2. The summed E-state index contributed by atoms with van der Waals surface area (Å²) in [5, 5.41) is 3.50. The Labute approximate surface area is 168 Å². The SMILES string of the molecule is O=C(Nc1nc2ccc(S(=O)(=O)N3CCCCC3)cc2s1)[C@H]1C[C@H]2C=C[C@@H]1C2. The van der Waals surface area contributed by atoms with Crippen LogP contribution in [0.5, 0.6) is 0 Å². The average molecular weight is 418 g/mol. The molecule has 0 spiro atoms. The Hall–Kier alpha value is -1.77. The molecule has 1 saturated heterocycles. The molecule has 1 N–H and O–H groups in total. The molecule has 1 aliphatic heterocycles. The lowest BCUT2D eigenvalue weighted by Crippen LogP contribution is -2.35. The zero-order chi connectivity index (χ0) is 19.3. The minimum Gasteiger partial charge on any atom is -0.302 e. The minimum absolute atomic E-state index is 0.0250. The summed E-state index contributed by atoms with van der Waals surface area (Å²) < 4.78 is 28.1. The zero-order valence-electron chi connectivity index (χ0n) is 15.5. The van der Waals surface area contributed by atoms with Crippen LogP contribution < -0.4 is 5.32 Å². The highest BCUT2D eigenvalue weighted by Gasteiger charge is 2.40. The highest BCUT2D eigenvalue weighted by molar-refractivity contribution is 7.89. The van der Waals surface area contributed by atoms with Gasteiger partial charge in [-0.05, 0) is 55.7 Å². The summed E-state index contributed by atoms with van der Waals surface area (Å²) in [6.45, 7) is 1.17. The smallest absolute Gasteiger partial charge is 0.243 e. The Bertz CT molecular complexity index is 1050. The number of hydrogen-bond donors (Lipinski definition) is 1. The van der Waals surface area contributed by atoms with Gasteiger partial charge in [-0.25, -0.2) is 13.4 Å². The summed E-state index contributed by atoms with van der Waals surface area (Å²) in [6, 6.07) is 5.05. The molecular formula is C20H23N3O3S2. The Kier molecular flexibility index (Phi) is 4.52. The van der Waals surface area contributed by atoms with Gasteiger partial charge in [-0.2, -0.15) is 4.31 Å². The van der Waals surface area contributed by atoms with Gasteiger partial charge in [0.2, 0.25) is 15.9 Å². The van der Waals surface area contributed by atoms with Crippen molar-refractivity contribution in [3.05, 3.63) is 30.4 Å². The van der Waals surface area contributed by atoms with Crippen molar-refractivity contribution in [2.75, 3.05) is 18.4 Å². The molecule has 5 rings (SSSR count). The van der Waals surface area contributed by atoms with Crippen LogP contribution in [0.3, 0.4) is 0 Å². The zero-order valence-corrected chi connectivity index (χ0v) is 17.1. The molecule has 1 aromatic heterocycles. The maximum atomic E-state index is 12.9. The third-order valence-electron chi connectivity index (χ3n) is 6.16. The molecule has 148 valence electrons. The predicted molar refractivity (Wildman–Crippen MR) is 110 cm³/mol. The van der Waals surface area contributed by atoms with Crippen molar-refractivity contribution in [2.24, 2.45) is 17.8 Å². The summed E-state index contributed by atoms with van der Waals surface area (Å²) >= 11 is 1.34. The fraction of sp³-hybridized carbons (Fsp3) is 0.500. The van der Waals surface area contributed by atoms with E-state index in [1.807, 2.05) is 0 Å². The van der Waals surface area contributed by atoms with Crippen molar-refractivity contribution in [3.63, 3.8) is 0 Å². The lowest BCUT2D eigenvalue weighted by atomic mass is 9.93. The van der Waals surface area contributed by atoms with E-state index in [1.54, 1.807) is 22.5 Å². The number of hydrogen-bond acceptors (Lipinski definition) is 5. The molecule has 2 bridgehead atoms. The van der Waals surface area contributed by atoms with Crippen LogP contribution in [-0.4, -0.2) is 36.7 Å².